The van der Waals surface area contributed by atoms with Gasteiger partial charge < -0.3 is 15.8 Å². The lowest BCUT2D eigenvalue weighted by Gasteiger charge is -2.13. The Balaban J connectivity index is 1.54. The van der Waals surface area contributed by atoms with E-state index in [2.05, 4.69) is 15.3 Å². The molecular formula is C21H18F4N4O. The van der Waals surface area contributed by atoms with E-state index in [0.717, 1.165) is 24.2 Å². The Morgan fingerprint density at radius 1 is 1.07 bits per heavy atom. The molecule has 0 radical (unpaired) electrons. The third kappa shape index (κ3) is 4.45. The largest absolute Gasteiger partial charge is 0.493 e. The van der Waals surface area contributed by atoms with Crippen molar-refractivity contribution in [3.8, 4) is 17.0 Å². The molecule has 0 unspecified atom stereocenters. The number of nitrogens with one attached hydrogen (secondary N) is 1. The van der Waals surface area contributed by atoms with Crippen LogP contribution in [0.15, 0.2) is 48.8 Å². The molecule has 0 aliphatic heterocycles. The maximum Gasteiger partial charge on any atom is 0.416 e. The highest BCUT2D eigenvalue weighted by Gasteiger charge is 2.31. The van der Waals surface area contributed by atoms with Crippen molar-refractivity contribution in [2.75, 3.05) is 17.7 Å². The van der Waals surface area contributed by atoms with Crippen LogP contribution in [0.4, 0.5) is 34.8 Å². The maximum atomic E-state index is 14.3. The van der Waals surface area contributed by atoms with Crippen molar-refractivity contribution in [1.29, 1.82) is 0 Å². The standard InChI is InChI=1S/C21H18F4N4O/c22-17-9-13(21(23,24)25)3-8-16(17)19-18(26)20(28-11-27-19)29-14-4-6-15(7-5-14)30-10-12-1-2-12/h3-9,11-12H,1-2,10,26H2,(H,27,28,29). The van der Waals surface area contributed by atoms with E-state index in [-0.39, 0.29) is 22.8 Å². The van der Waals surface area contributed by atoms with Crippen molar-refractivity contribution >= 4 is 17.2 Å². The van der Waals surface area contributed by atoms with E-state index in [4.69, 9.17) is 10.5 Å². The van der Waals surface area contributed by atoms with E-state index in [1.807, 2.05) is 0 Å². The zero-order chi connectivity index (χ0) is 21.3. The third-order valence-electron chi connectivity index (χ3n) is 4.74. The molecule has 1 heterocycles. The fourth-order valence-electron chi connectivity index (χ4n) is 2.86. The minimum atomic E-state index is -4.64. The molecule has 5 nitrogen and oxygen atoms in total. The predicted octanol–water partition coefficient (Wildman–Crippen LogP) is 5.42. The summed E-state index contributed by atoms with van der Waals surface area (Å²) in [5.74, 6) is 0.535. The van der Waals surface area contributed by atoms with Gasteiger partial charge in [0.15, 0.2) is 5.82 Å². The summed E-state index contributed by atoms with van der Waals surface area (Å²) in [6.45, 7) is 0.702. The van der Waals surface area contributed by atoms with Gasteiger partial charge in [-0.2, -0.15) is 13.2 Å². The quantitative estimate of drug-likeness (QED) is 0.523. The average molecular weight is 418 g/mol. The summed E-state index contributed by atoms with van der Waals surface area (Å²) in [6, 6.07) is 9.38. The number of alkyl halides is 3. The number of nitrogens with two attached hydrogens (primary N) is 1. The number of nitrogen functional groups attached to an aromatic ring is 1. The van der Waals surface area contributed by atoms with Gasteiger partial charge in [-0.1, -0.05) is 0 Å². The van der Waals surface area contributed by atoms with Crippen molar-refractivity contribution in [2.45, 2.75) is 19.0 Å². The molecular weight excluding hydrogens is 400 g/mol. The van der Waals surface area contributed by atoms with Crippen LogP contribution >= 0.6 is 0 Å². The molecule has 0 bridgehead atoms. The van der Waals surface area contributed by atoms with Gasteiger partial charge in [0.2, 0.25) is 0 Å². The number of halogens is 4. The third-order valence-corrected chi connectivity index (χ3v) is 4.74. The predicted molar refractivity (Wildman–Crippen MR) is 105 cm³/mol. The first kappa shape index (κ1) is 19.9. The van der Waals surface area contributed by atoms with E-state index < -0.39 is 17.6 Å². The number of anilines is 3. The van der Waals surface area contributed by atoms with Gasteiger partial charge in [0.05, 0.1) is 12.2 Å². The summed E-state index contributed by atoms with van der Waals surface area (Å²) >= 11 is 0. The van der Waals surface area contributed by atoms with Crippen molar-refractivity contribution in [2.24, 2.45) is 5.92 Å². The Morgan fingerprint density at radius 3 is 2.43 bits per heavy atom. The van der Waals surface area contributed by atoms with Crippen LogP contribution in [0.1, 0.15) is 18.4 Å². The van der Waals surface area contributed by atoms with Crippen LogP contribution in [-0.4, -0.2) is 16.6 Å². The molecule has 0 spiro atoms. The van der Waals surface area contributed by atoms with Crippen LogP contribution in [-0.2, 0) is 6.18 Å². The van der Waals surface area contributed by atoms with E-state index in [9.17, 15) is 17.6 Å². The molecule has 1 aromatic heterocycles. The fourth-order valence-corrected chi connectivity index (χ4v) is 2.86. The second-order valence-electron chi connectivity index (χ2n) is 7.08. The molecule has 3 N–H and O–H groups in total. The summed E-state index contributed by atoms with van der Waals surface area (Å²) in [7, 11) is 0. The maximum absolute atomic E-state index is 14.3. The molecule has 0 atom stereocenters. The first-order valence-electron chi connectivity index (χ1n) is 9.29. The number of nitrogens with zero attached hydrogens (tertiary/aromatic N) is 2. The number of hydrogen-bond acceptors (Lipinski definition) is 5. The molecule has 30 heavy (non-hydrogen) atoms. The zero-order valence-electron chi connectivity index (χ0n) is 15.7. The molecule has 156 valence electrons. The lowest BCUT2D eigenvalue weighted by Crippen LogP contribution is -2.07. The Morgan fingerprint density at radius 2 is 1.80 bits per heavy atom. The van der Waals surface area contributed by atoms with Gasteiger partial charge in [0.25, 0.3) is 0 Å². The van der Waals surface area contributed by atoms with Crippen LogP contribution in [0.3, 0.4) is 0 Å². The monoisotopic (exact) mass is 418 g/mol. The fraction of sp³-hybridized carbons (Fsp3) is 0.238. The number of aromatic nitrogens is 2. The first-order chi connectivity index (χ1) is 14.3. The SMILES string of the molecule is Nc1c(Nc2ccc(OCC3CC3)cc2)ncnc1-c1ccc(C(F)(F)F)cc1F. The van der Waals surface area contributed by atoms with Crippen LogP contribution in [0, 0.1) is 11.7 Å². The van der Waals surface area contributed by atoms with Gasteiger partial charge in [0, 0.05) is 11.3 Å². The average Bonchev–Trinajstić information content (AvgIpc) is 3.53. The van der Waals surface area contributed by atoms with Gasteiger partial charge >= 0.3 is 6.18 Å². The molecule has 1 aliphatic rings. The number of benzene rings is 2. The van der Waals surface area contributed by atoms with E-state index in [1.54, 1.807) is 24.3 Å². The Kier molecular flexibility index (Phi) is 5.19. The van der Waals surface area contributed by atoms with Crippen molar-refractivity contribution in [3.05, 3.63) is 60.2 Å². The molecule has 4 rings (SSSR count). The second-order valence-corrected chi connectivity index (χ2v) is 7.08. The summed E-state index contributed by atoms with van der Waals surface area (Å²) in [5.41, 5.74) is 5.53. The molecule has 9 heteroatoms. The van der Waals surface area contributed by atoms with Crippen LogP contribution in [0.5, 0.6) is 5.75 Å². The van der Waals surface area contributed by atoms with Gasteiger partial charge in [-0.15, -0.1) is 0 Å². The Hall–Kier alpha value is -3.36. The minimum Gasteiger partial charge on any atom is -0.493 e. The molecule has 1 aliphatic carbocycles. The number of rotatable bonds is 6. The first-order valence-corrected chi connectivity index (χ1v) is 9.29. The topological polar surface area (TPSA) is 73.1 Å². The van der Waals surface area contributed by atoms with Gasteiger partial charge in [-0.25, -0.2) is 14.4 Å². The highest BCUT2D eigenvalue weighted by Crippen LogP contribution is 2.35. The molecule has 1 saturated carbocycles. The minimum absolute atomic E-state index is 0.00288. The van der Waals surface area contributed by atoms with Gasteiger partial charge in [-0.05, 0) is 61.2 Å². The van der Waals surface area contributed by atoms with Crippen molar-refractivity contribution in [1.82, 2.24) is 9.97 Å². The van der Waals surface area contributed by atoms with Crippen LogP contribution in [0.2, 0.25) is 0 Å². The lowest BCUT2D eigenvalue weighted by molar-refractivity contribution is -0.137. The molecule has 1 fully saturated rings. The van der Waals surface area contributed by atoms with Crippen LogP contribution < -0.4 is 15.8 Å². The van der Waals surface area contributed by atoms with E-state index >= 15 is 0 Å². The van der Waals surface area contributed by atoms with Crippen LogP contribution in [0.25, 0.3) is 11.3 Å². The lowest BCUT2D eigenvalue weighted by atomic mass is 10.1. The molecule has 2 aromatic carbocycles. The zero-order valence-corrected chi connectivity index (χ0v) is 15.7. The number of hydrogen-bond donors (Lipinski definition) is 2. The normalized spacial score (nSPS) is 13.9. The van der Waals surface area contributed by atoms with Crippen molar-refractivity contribution in [3.63, 3.8) is 0 Å². The number of ether oxygens (including phenoxy) is 1. The highest BCUT2D eigenvalue weighted by atomic mass is 19.4. The van der Waals surface area contributed by atoms with E-state index in [1.165, 1.54) is 12.8 Å². The summed E-state index contributed by atoms with van der Waals surface area (Å²) in [6.07, 6.45) is -1.07. The highest BCUT2D eigenvalue weighted by molar-refractivity contribution is 5.82. The van der Waals surface area contributed by atoms with Gasteiger partial charge in [0.1, 0.15) is 29.3 Å². The van der Waals surface area contributed by atoms with E-state index in [0.29, 0.717) is 24.3 Å². The summed E-state index contributed by atoms with van der Waals surface area (Å²) in [5, 5.41) is 3.01. The second kappa shape index (κ2) is 7.81. The Labute approximate surface area is 169 Å². The molecule has 0 saturated heterocycles. The summed E-state index contributed by atoms with van der Waals surface area (Å²) < 4.78 is 58.3. The molecule has 0 amide bonds. The molecule has 3 aromatic rings. The summed E-state index contributed by atoms with van der Waals surface area (Å²) in [4.78, 5) is 8.00. The smallest absolute Gasteiger partial charge is 0.416 e. The van der Waals surface area contributed by atoms with Crippen molar-refractivity contribution < 1.29 is 22.3 Å². The Bertz CT molecular complexity index is 1050. The van der Waals surface area contributed by atoms with Gasteiger partial charge in [-0.3, -0.25) is 0 Å².